The summed E-state index contributed by atoms with van der Waals surface area (Å²) in [5.41, 5.74) is 6.08. The van der Waals surface area contributed by atoms with Gasteiger partial charge >= 0.3 is 0 Å². The van der Waals surface area contributed by atoms with E-state index >= 15 is 0 Å². The number of halogens is 1. The lowest BCUT2D eigenvalue weighted by Gasteiger charge is -2.07. The van der Waals surface area contributed by atoms with Crippen molar-refractivity contribution in [3.05, 3.63) is 58.0 Å². The van der Waals surface area contributed by atoms with E-state index in [0.29, 0.717) is 27.9 Å². The van der Waals surface area contributed by atoms with Gasteiger partial charge in [-0.2, -0.15) is 0 Å². The Morgan fingerprint density at radius 3 is 2.74 bits per heavy atom. The first-order valence-corrected chi connectivity index (χ1v) is 7.36. The van der Waals surface area contributed by atoms with E-state index in [-0.39, 0.29) is 5.56 Å². The maximum absolute atomic E-state index is 12.1. The molecule has 1 atom stereocenters. The molecule has 0 spiro atoms. The third-order valence-electron chi connectivity index (χ3n) is 2.63. The molecule has 0 aliphatic carbocycles. The first kappa shape index (κ1) is 13.8. The minimum Gasteiger partial charge on any atom is -0.398 e. The summed E-state index contributed by atoms with van der Waals surface area (Å²) < 4.78 is 13.7. The summed E-state index contributed by atoms with van der Waals surface area (Å²) >= 11 is 5.79. The van der Waals surface area contributed by atoms with Gasteiger partial charge in [0.05, 0.1) is 15.7 Å². The van der Waals surface area contributed by atoms with Crippen LogP contribution >= 0.6 is 11.6 Å². The van der Waals surface area contributed by atoms with Gasteiger partial charge in [-0.15, -0.1) is 0 Å². The molecule has 0 aliphatic heterocycles. The summed E-state index contributed by atoms with van der Waals surface area (Å²) in [5, 5.41) is 0.512. The highest BCUT2D eigenvalue weighted by atomic mass is 35.5. The highest BCUT2D eigenvalue weighted by molar-refractivity contribution is 7.85. The second-order valence-electron chi connectivity index (χ2n) is 3.96. The molecule has 1 aromatic carbocycles. The topological polar surface area (TPSA) is 65.1 Å². The van der Waals surface area contributed by atoms with Crippen LogP contribution in [0.2, 0.25) is 5.02 Å². The molecule has 0 bridgehead atoms. The molecule has 0 radical (unpaired) electrons. The van der Waals surface area contributed by atoms with Gasteiger partial charge in [-0.25, -0.2) is 0 Å². The Morgan fingerprint density at radius 1 is 1.26 bits per heavy atom. The lowest BCUT2D eigenvalue weighted by atomic mass is 10.3. The van der Waals surface area contributed by atoms with Crippen molar-refractivity contribution < 1.29 is 4.21 Å². The first-order valence-electron chi connectivity index (χ1n) is 5.67. The van der Waals surface area contributed by atoms with Crippen molar-refractivity contribution in [2.24, 2.45) is 0 Å². The number of pyridine rings is 1. The fourth-order valence-corrected chi connectivity index (χ4v) is 2.97. The number of rotatable bonds is 4. The predicted molar refractivity (Wildman–Crippen MR) is 77.8 cm³/mol. The summed E-state index contributed by atoms with van der Waals surface area (Å²) in [7, 11) is -1.26. The maximum atomic E-state index is 12.1. The van der Waals surface area contributed by atoms with E-state index in [1.807, 2.05) is 0 Å². The number of nitrogens with two attached hydrogens (primary N) is 1. The van der Waals surface area contributed by atoms with Crippen LogP contribution in [0.4, 0.5) is 5.69 Å². The Balaban J connectivity index is 2.10. The summed E-state index contributed by atoms with van der Waals surface area (Å²) in [6, 6.07) is 9.79. The van der Waals surface area contributed by atoms with Crippen LogP contribution in [-0.2, 0) is 17.3 Å². The molecule has 0 amide bonds. The molecule has 6 heteroatoms. The van der Waals surface area contributed by atoms with Crippen LogP contribution in [0.15, 0.2) is 52.3 Å². The molecule has 1 unspecified atom stereocenters. The van der Waals surface area contributed by atoms with Gasteiger partial charge in [0.15, 0.2) is 0 Å². The lowest BCUT2D eigenvalue weighted by Crippen LogP contribution is -2.21. The molecule has 19 heavy (non-hydrogen) atoms. The largest absolute Gasteiger partial charge is 0.398 e. The van der Waals surface area contributed by atoms with E-state index in [1.165, 1.54) is 10.6 Å². The number of benzene rings is 1. The van der Waals surface area contributed by atoms with Crippen molar-refractivity contribution in [1.82, 2.24) is 4.57 Å². The first-order chi connectivity index (χ1) is 9.08. The molecule has 0 saturated heterocycles. The summed E-state index contributed by atoms with van der Waals surface area (Å²) in [6.07, 6.45) is 1.67. The van der Waals surface area contributed by atoms with Crippen LogP contribution in [0, 0.1) is 0 Å². The Bertz CT molecular complexity index is 670. The SMILES string of the molecule is Nc1cc(Cl)ccc1S(=O)CCn1ccccc1=O. The molecule has 0 fully saturated rings. The van der Waals surface area contributed by atoms with Gasteiger partial charge < -0.3 is 10.3 Å². The Hall–Kier alpha value is -1.59. The van der Waals surface area contributed by atoms with Crippen molar-refractivity contribution in [3.8, 4) is 0 Å². The van der Waals surface area contributed by atoms with Gasteiger partial charge in [-0.1, -0.05) is 17.7 Å². The zero-order valence-electron chi connectivity index (χ0n) is 10.1. The van der Waals surface area contributed by atoms with Crippen molar-refractivity contribution in [3.63, 3.8) is 0 Å². The molecule has 2 N–H and O–H groups in total. The molecule has 1 aromatic heterocycles. The number of aryl methyl sites for hydroxylation is 1. The quantitative estimate of drug-likeness (QED) is 0.876. The average molecular weight is 297 g/mol. The number of nitrogen functional groups attached to an aromatic ring is 1. The zero-order valence-corrected chi connectivity index (χ0v) is 11.7. The van der Waals surface area contributed by atoms with Crippen LogP contribution in [-0.4, -0.2) is 14.5 Å². The molecule has 2 rings (SSSR count). The van der Waals surface area contributed by atoms with Crippen molar-refractivity contribution >= 4 is 28.1 Å². The average Bonchev–Trinajstić information content (AvgIpc) is 2.37. The number of anilines is 1. The molecule has 2 aromatic rings. The molecule has 0 saturated carbocycles. The highest BCUT2D eigenvalue weighted by Gasteiger charge is 2.08. The van der Waals surface area contributed by atoms with Crippen LogP contribution in [0.5, 0.6) is 0 Å². The molecule has 0 aliphatic rings. The summed E-state index contributed by atoms with van der Waals surface area (Å²) in [5.74, 6) is 0.329. The monoisotopic (exact) mass is 296 g/mol. The minimum atomic E-state index is -1.26. The van der Waals surface area contributed by atoms with Crippen molar-refractivity contribution in [1.29, 1.82) is 0 Å². The lowest BCUT2D eigenvalue weighted by molar-refractivity contribution is 0.669. The fourth-order valence-electron chi connectivity index (χ4n) is 1.66. The van der Waals surface area contributed by atoms with E-state index in [4.69, 9.17) is 17.3 Å². The van der Waals surface area contributed by atoms with E-state index in [0.717, 1.165) is 0 Å². The van der Waals surface area contributed by atoms with E-state index < -0.39 is 10.8 Å². The molecule has 4 nitrogen and oxygen atoms in total. The van der Waals surface area contributed by atoms with Gasteiger partial charge in [0.2, 0.25) is 0 Å². The highest BCUT2D eigenvalue weighted by Crippen LogP contribution is 2.21. The third-order valence-corrected chi connectivity index (χ3v) is 4.28. The minimum absolute atomic E-state index is 0.108. The van der Waals surface area contributed by atoms with E-state index in [9.17, 15) is 9.00 Å². The van der Waals surface area contributed by atoms with Crippen LogP contribution in [0.1, 0.15) is 0 Å². The van der Waals surface area contributed by atoms with Gasteiger partial charge in [0, 0.05) is 35.3 Å². The molecular weight excluding hydrogens is 284 g/mol. The Labute approximate surface area is 118 Å². The van der Waals surface area contributed by atoms with Gasteiger partial charge in [0.1, 0.15) is 0 Å². The molecule has 1 heterocycles. The third kappa shape index (κ3) is 3.45. The molecular formula is C13H13ClN2O2S. The zero-order chi connectivity index (χ0) is 13.8. The summed E-state index contributed by atoms with van der Waals surface area (Å²) in [4.78, 5) is 12.1. The van der Waals surface area contributed by atoms with Crippen LogP contribution in [0.3, 0.4) is 0 Å². The maximum Gasteiger partial charge on any atom is 0.250 e. The standard InChI is InChI=1S/C13H13ClN2O2S/c14-10-4-5-12(11(15)9-10)19(18)8-7-16-6-2-1-3-13(16)17/h1-6,9H,7-8,15H2. The Morgan fingerprint density at radius 2 is 2.05 bits per heavy atom. The smallest absolute Gasteiger partial charge is 0.250 e. The predicted octanol–water partition coefficient (Wildman–Crippen LogP) is 1.89. The normalized spacial score (nSPS) is 12.3. The number of nitrogens with zero attached hydrogens (tertiary/aromatic N) is 1. The second-order valence-corrected chi connectivity index (χ2v) is 5.94. The van der Waals surface area contributed by atoms with Gasteiger partial charge in [0.25, 0.3) is 5.56 Å². The van der Waals surface area contributed by atoms with Crippen LogP contribution in [0.25, 0.3) is 0 Å². The van der Waals surface area contributed by atoms with Crippen molar-refractivity contribution in [2.45, 2.75) is 11.4 Å². The van der Waals surface area contributed by atoms with Gasteiger partial charge in [-0.05, 0) is 24.3 Å². The number of aromatic nitrogens is 1. The fraction of sp³-hybridized carbons (Fsp3) is 0.154. The number of hydrogen-bond donors (Lipinski definition) is 1. The van der Waals surface area contributed by atoms with Crippen LogP contribution < -0.4 is 11.3 Å². The number of hydrogen-bond acceptors (Lipinski definition) is 3. The molecule has 100 valence electrons. The second kappa shape index (κ2) is 6.04. The van der Waals surface area contributed by atoms with E-state index in [2.05, 4.69) is 0 Å². The summed E-state index contributed by atoms with van der Waals surface area (Å²) in [6.45, 7) is 0.383. The van der Waals surface area contributed by atoms with Crippen molar-refractivity contribution in [2.75, 3.05) is 11.5 Å². The van der Waals surface area contributed by atoms with E-state index in [1.54, 1.807) is 36.5 Å². The van der Waals surface area contributed by atoms with Gasteiger partial charge in [-0.3, -0.25) is 9.00 Å². The Kier molecular flexibility index (Phi) is 4.39.